The number of aliphatic imine (C=N–C) groups is 1. The smallest absolute Gasteiger partial charge is 0.194 e. The molecule has 0 amide bonds. The maximum Gasteiger partial charge on any atom is 0.194 e. The third-order valence-corrected chi connectivity index (χ3v) is 4.25. The Balaban J connectivity index is 1.79. The molecule has 0 radical (unpaired) electrons. The molecule has 0 bridgehead atoms. The van der Waals surface area contributed by atoms with Crippen LogP contribution >= 0.6 is 0 Å². The molecule has 2 rings (SSSR count). The number of anilines is 1. The van der Waals surface area contributed by atoms with Crippen LogP contribution in [0.25, 0.3) is 0 Å². The average Bonchev–Trinajstić information content (AvgIpc) is 2.67. The summed E-state index contributed by atoms with van der Waals surface area (Å²) in [7, 11) is 1.67. The number of ether oxygens (including phenoxy) is 2. The first-order chi connectivity index (χ1) is 12.8. The van der Waals surface area contributed by atoms with E-state index in [1.165, 1.54) is 6.07 Å². The number of benzene rings is 1. The lowest BCUT2D eigenvalue weighted by Gasteiger charge is -2.37. The minimum atomic E-state index is -0.157. The maximum atomic E-state index is 14.0. The minimum Gasteiger partial charge on any atom is -0.382 e. The van der Waals surface area contributed by atoms with Gasteiger partial charge in [0.2, 0.25) is 0 Å². The quantitative estimate of drug-likeness (QED) is 0.411. The van der Waals surface area contributed by atoms with Crippen LogP contribution in [0.3, 0.4) is 0 Å². The molecule has 1 fully saturated rings. The standard InChI is InChI=1S/C19H31FN4O2/c1-3-21-19(22-9-6-14-26-16-15-25-2)24-12-10-23(11-13-24)18-8-5-4-7-17(18)20/h4-5,7-8H,3,6,9-16H2,1-2H3,(H,21,22). The van der Waals surface area contributed by atoms with Crippen molar-refractivity contribution in [3.63, 3.8) is 0 Å². The highest BCUT2D eigenvalue weighted by molar-refractivity contribution is 5.80. The molecular formula is C19H31FN4O2. The van der Waals surface area contributed by atoms with Crippen LogP contribution in [0.15, 0.2) is 29.3 Å². The number of halogens is 1. The van der Waals surface area contributed by atoms with Gasteiger partial charge in [-0.25, -0.2) is 4.39 Å². The Morgan fingerprint density at radius 1 is 1.15 bits per heavy atom. The summed E-state index contributed by atoms with van der Waals surface area (Å²) < 4.78 is 24.4. The fourth-order valence-corrected chi connectivity index (χ4v) is 2.89. The fourth-order valence-electron chi connectivity index (χ4n) is 2.89. The molecule has 26 heavy (non-hydrogen) atoms. The summed E-state index contributed by atoms with van der Waals surface area (Å²) >= 11 is 0. The van der Waals surface area contributed by atoms with E-state index in [1.807, 2.05) is 12.1 Å². The Kier molecular flexibility index (Phi) is 9.20. The lowest BCUT2D eigenvalue weighted by molar-refractivity contribution is 0.0702. The lowest BCUT2D eigenvalue weighted by atomic mass is 10.2. The van der Waals surface area contributed by atoms with Gasteiger partial charge in [0.25, 0.3) is 0 Å². The molecule has 0 aromatic heterocycles. The molecule has 6 nitrogen and oxygen atoms in total. The third kappa shape index (κ3) is 6.46. The predicted molar refractivity (Wildman–Crippen MR) is 103 cm³/mol. The van der Waals surface area contributed by atoms with Crippen molar-refractivity contribution < 1.29 is 13.9 Å². The van der Waals surface area contributed by atoms with Crippen molar-refractivity contribution >= 4 is 11.6 Å². The van der Waals surface area contributed by atoms with Gasteiger partial charge in [-0.15, -0.1) is 0 Å². The number of hydrogen-bond donors (Lipinski definition) is 1. The van der Waals surface area contributed by atoms with Crippen LogP contribution in [0.5, 0.6) is 0 Å². The van der Waals surface area contributed by atoms with Gasteiger partial charge in [0.15, 0.2) is 5.96 Å². The predicted octanol–water partition coefficient (Wildman–Crippen LogP) is 1.97. The molecule has 1 aromatic carbocycles. The molecule has 1 N–H and O–H groups in total. The molecule has 1 aliphatic heterocycles. The Bertz CT molecular complexity index is 548. The first-order valence-electron chi connectivity index (χ1n) is 9.35. The topological polar surface area (TPSA) is 49.3 Å². The normalized spacial score (nSPS) is 15.4. The van der Waals surface area contributed by atoms with Crippen molar-refractivity contribution in [1.29, 1.82) is 0 Å². The number of para-hydroxylation sites is 1. The minimum absolute atomic E-state index is 0.157. The average molecular weight is 366 g/mol. The first kappa shape index (κ1) is 20.5. The van der Waals surface area contributed by atoms with Crippen molar-refractivity contribution in [2.75, 3.05) is 71.1 Å². The van der Waals surface area contributed by atoms with Gasteiger partial charge in [0.1, 0.15) is 5.82 Å². The zero-order valence-corrected chi connectivity index (χ0v) is 15.9. The number of piperazine rings is 1. The number of rotatable bonds is 9. The second-order valence-electron chi connectivity index (χ2n) is 6.12. The van der Waals surface area contributed by atoms with Crippen molar-refractivity contribution in [2.24, 2.45) is 4.99 Å². The summed E-state index contributed by atoms with van der Waals surface area (Å²) in [6.07, 6.45) is 0.883. The molecule has 7 heteroatoms. The van der Waals surface area contributed by atoms with Crippen LogP contribution in [0.2, 0.25) is 0 Å². The van der Waals surface area contributed by atoms with Crippen LogP contribution in [0.4, 0.5) is 10.1 Å². The van der Waals surface area contributed by atoms with Gasteiger partial charge in [0, 0.05) is 53.0 Å². The Morgan fingerprint density at radius 3 is 2.62 bits per heavy atom. The van der Waals surface area contributed by atoms with Gasteiger partial charge in [-0.3, -0.25) is 4.99 Å². The Hall–Kier alpha value is -1.86. The molecule has 1 saturated heterocycles. The van der Waals surface area contributed by atoms with Gasteiger partial charge in [0.05, 0.1) is 18.9 Å². The van der Waals surface area contributed by atoms with E-state index < -0.39 is 0 Å². The highest BCUT2D eigenvalue weighted by Gasteiger charge is 2.21. The summed E-state index contributed by atoms with van der Waals surface area (Å²) in [5.74, 6) is 0.771. The Labute approximate surface area is 156 Å². The van der Waals surface area contributed by atoms with Gasteiger partial charge in [-0.2, -0.15) is 0 Å². The van der Waals surface area contributed by atoms with E-state index in [0.29, 0.717) is 25.5 Å². The monoisotopic (exact) mass is 366 g/mol. The summed E-state index contributed by atoms with van der Waals surface area (Å²) in [6.45, 7) is 8.77. The summed E-state index contributed by atoms with van der Waals surface area (Å²) in [5, 5.41) is 3.35. The molecule has 1 aromatic rings. The SMILES string of the molecule is CCNC(=NCCCOCCOC)N1CCN(c2ccccc2F)CC1. The number of hydrogen-bond acceptors (Lipinski definition) is 4. The van der Waals surface area contributed by atoms with E-state index in [2.05, 4.69) is 22.0 Å². The van der Waals surface area contributed by atoms with E-state index in [9.17, 15) is 4.39 Å². The summed E-state index contributed by atoms with van der Waals surface area (Å²) in [6, 6.07) is 6.96. The van der Waals surface area contributed by atoms with Crippen LogP contribution in [-0.4, -0.2) is 77.1 Å². The molecule has 0 saturated carbocycles. The number of methoxy groups -OCH3 is 1. The van der Waals surface area contributed by atoms with E-state index >= 15 is 0 Å². The summed E-state index contributed by atoms with van der Waals surface area (Å²) in [5.41, 5.74) is 0.683. The zero-order chi connectivity index (χ0) is 18.6. The van der Waals surface area contributed by atoms with Crippen LogP contribution in [0, 0.1) is 5.82 Å². The molecule has 146 valence electrons. The molecule has 0 spiro atoms. The van der Waals surface area contributed by atoms with Crippen molar-refractivity contribution in [1.82, 2.24) is 10.2 Å². The molecular weight excluding hydrogens is 335 g/mol. The second-order valence-corrected chi connectivity index (χ2v) is 6.12. The van der Waals surface area contributed by atoms with E-state index in [1.54, 1.807) is 13.2 Å². The highest BCUT2D eigenvalue weighted by Crippen LogP contribution is 2.20. The number of guanidine groups is 1. The highest BCUT2D eigenvalue weighted by atomic mass is 19.1. The second kappa shape index (κ2) is 11.7. The van der Waals surface area contributed by atoms with Crippen molar-refractivity contribution in [3.8, 4) is 0 Å². The van der Waals surface area contributed by atoms with Crippen LogP contribution < -0.4 is 10.2 Å². The largest absolute Gasteiger partial charge is 0.382 e. The third-order valence-electron chi connectivity index (χ3n) is 4.25. The Morgan fingerprint density at radius 2 is 1.92 bits per heavy atom. The van der Waals surface area contributed by atoms with E-state index in [-0.39, 0.29) is 5.82 Å². The van der Waals surface area contributed by atoms with Gasteiger partial charge in [-0.1, -0.05) is 12.1 Å². The van der Waals surface area contributed by atoms with Crippen molar-refractivity contribution in [2.45, 2.75) is 13.3 Å². The van der Waals surface area contributed by atoms with Crippen molar-refractivity contribution in [3.05, 3.63) is 30.1 Å². The van der Waals surface area contributed by atoms with Gasteiger partial charge < -0.3 is 24.6 Å². The van der Waals surface area contributed by atoms with Crippen LogP contribution in [-0.2, 0) is 9.47 Å². The van der Waals surface area contributed by atoms with Crippen LogP contribution in [0.1, 0.15) is 13.3 Å². The molecule has 1 aliphatic rings. The lowest BCUT2D eigenvalue weighted by Crippen LogP contribution is -2.52. The molecule has 1 heterocycles. The summed E-state index contributed by atoms with van der Waals surface area (Å²) in [4.78, 5) is 9.04. The number of nitrogens with one attached hydrogen (secondary N) is 1. The molecule has 0 atom stereocenters. The molecule has 0 unspecified atom stereocenters. The zero-order valence-electron chi connectivity index (χ0n) is 15.9. The van der Waals surface area contributed by atoms with E-state index in [0.717, 1.165) is 51.6 Å². The maximum absolute atomic E-state index is 14.0. The molecule has 0 aliphatic carbocycles. The number of nitrogens with zero attached hydrogens (tertiary/aromatic N) is 3. The van der Waals surface area contributed by atoms with Gasteiger partial charge in [-0.05, 0) is 25.5 Å². The van der Waals surface area contributed by atoms with Gasteiger partial charge >= 0.3 is 0 Å². The van der Waals surface area contributed by atoms with E-state index in [4.69, 9.17) is 14.5 Å². The first-order valence-corrected chi connectivity index (χ1v) is 9.35. The fraction of sp³-hybridized carbons (Fsp3) is 0.632.